The van der Waals surface area contributed by atoms with Gasteiger partial charge in [0.15, 0.2) is 0 Å². The van der Waals surface area contributed by atoms with Crippen LogP contribution in [0.2, 0.25) is 10.0 Å². The molecule has 0 aromatic heterocycles. The Hall–Kier alpha value is -3.55. The number of halogens is 4. The average Bonchev–Trinajstić information content (AvgIpc) is 3.49. The van der Waals surface area contributed by atoms with Crippen molar-refractivity contribution in [2.75, 3.05) is 22.9 Å². The lowest BCUT2D eigenvalue weighted by molar-refractivity contribution is -0.124. The number of nitrogens with zero attached hydrogens (tertiary/aromatic N) is 4. The Balaban J connectivity index is 1.11. The van der Waals surface area contributed by atoms with Crippen LogP contribution in [-0.4, -0.2) is 46.4 Å². The number of amides is 2. The van der Waals surface area contributed by atoms with Crippen LogP contribution < -0.4 is 9.80 Å². The summed E-state index contributed by atoms with van der Waals surface area (Å²) in [5, 5.41) is -0.103. The molecule has 3 aliphatic rings. The molecule has 2 saturated heterocycles. The van der Waals surface area contributed by atoms with E-state index in [4.69, 9.17) is 51.4 Å². The molecule has 2 fully saturated rings. The number of amidine groups is 1. The first-order chi connectivity index (χ1) is 21.3. The smallest absolute Gasteiger partial charge is 0.248 e. The molecule has 7 rings (SSSR count). The summed E-state index contributed by atoms with van der Waals surface area (Å²) in [5.74, 6) is 0.570. The molecule has 44 heavy (non-hydrogen) atoms. The minimum absolute atomic E-state index is 0.134. The quantitative estimate of drug-likeness (QED) is 0.151. The molecule has 4 unspecified atom stereocenters. The Labute approximate surface area is 275 Å². The highest BCUT2D eigenvalue weighted by atomic mass is 35.5. The maximum atomic E-state index is 12.9. The maximum absolute atomic E-state index is 12.9. The zero-order valence-electron chi connectivity index (χ0n) is 23.3. The Morgan fingerprint density at radius 3 is 1.82 bits per heavy atom. The Bertz CT molecular complexity index is 1810. The van der Waals surface area contributed by atoms with Gasteiger partial charge in [0.05, 0.1) is 18.6 Å². The topological polar surface area (TPSA) is 56.2 Å². The first-order valence-electron chi connectivity index (χ1n) is 14.2. The monoisotopic (exact) mass is 662 g/mol. The lowest BCUT2D eigenvalue weighted by Gasteiger charge is -2.44. The van der Waals surface area contributed by atoms with Crippen LogP contribution in [-0.2, 0) is 16.1 Å². The fourth-order valence-electron chi connectivity index (χ4n) is 6.23. The van der Waals surface area contributed by atoms with E-state index < -0.39 is 10.8 Å². The van der Waals surface area contributed by atoms with Crippen molar-refractivity contribution in [3.63, 3.8) is 0 Å². The van der Waals surface area contributed by atoms with E-state index in [1.54, 1.807) is 21.9 Å². The molecule has 0 bridgehead atoms. The van der Waals surface area contributed by atoms with Gasteiger partial charge in [0.1, 0.15) is 16.6 Å². The van der Waals surface area contributed by atoms with Gasteiger partial charge < -0.3 is 14.7 Å². The van der Waals surface area contributed by atoms with Crippen molar-refractivity contribution in [2.24, 2.45) is 4.99 Å². The lowest BCUT2D eigenvalue weighted by atomic mass is 9.92. The van der Waals surface area contributed by atoms with Gasteiger partial charge in [0.25, 0.3) is 0 Å². The molecule has 4 aromatic carbocycles. The highest BCUT2D eigenvalue weighted by molar-refractivity contribution is 6.38. The van der Waals surface area contributed by atoms with Crippen LogP contribution in [0.15, 0.2) is 102 Å². The molecule has 222 valence electrons. The summed E-state index contributed by atoms with van der Waals surface area (Å²) in [6, 6.07) is 30.1. The summed E-state index contributed by atoms with van der Waals surface area (Å²) in [4.78, 5) is 36.3. The highest BCUT2D eigenvalue weighted by Gasteiger charge is 2.49. The molecular weight excluding hydrogens is 638 g/mol. The lowest BCUT2D eigenvalue weighted by Crippen LogP contribution is -2.56. The molecule has 10 heteroatoms. The molecule has 6 nitrogen and oxygen atoms in total. The number of carbonyl (C=O) groups is 2. The second kappa shape index (κ2) is 11.8. The van der Waals surface area contributed by atoms with Crippen LogP contribution >= 0.6 is 46.4 Å². The summed E-state index contributed by atoms with van der Waals surface area (Å²) in [5.41, 5.74) is 5.28. The van der Waals surface area contributed by atoms with Gasteiger partial charge in [0, 0.05) is 40.1 Å². The zero-order valence-corrected chi connectivity index (χ0v) is 26.3. The molecule has 0 aliphatic carbocycles. The number of aliphatic imine (C=N–C) groups is 1. The Morgan fingerprint density at radius 2 is 1.23 bits per heavy atom. The third-order valence-corrected chi connectivity index (χ3v) is 9.63. The number of rotatable bonds is 7. The minimum atomic E-state index is -0.657. The van der Waals surface area contributed by atoms with Crippen LogP contribution in [0.3, 0.4) is 0 Å². The van der Waals surface area contributed by atoms with Gasteiger partial charge in [0.2, 0.25) is 11.8 Å². The normalized spacial score (nSPS) is 23.0. The standard InChI is InChI=1S/C34H26Cl4N4O2/c35-24-9-2-6-21(16-24)30-28(37)33(43)41(30)26-11-1-5-20(15-26)19-40-14-13-39-32(40)23-8-4-12-27(18-23)42-31(29(38)34(42)44)22-7-3-10-25(36)17-22/h1-12,15-18,28-31H,13-14,19H2. The van der Waals surface area contributed by atoms with Crippen molar-refractivity contribution in [1.29, 1.82) is 0 Å². The van der Waals surface area contributed by atoms with E-state index in [-0.39, 0.29) is 23.9 Å². The molecule has 3 heterocycles. The number of benzene rings is 4. The number of anilines is 2. The fraction of sp³-hybridized carbons (Fsp3) is 0.206. The summed E-state index contributed by atoms with van der Waals surface area (Å²) in [6.07, 6.45) is 0. The number of carbonyl (C=O) groups excluding carboxylic acids is 2. The Morgan fingerprint density at radius 1 is 0.682 bits per heavy atom. The van der Waals surface area contributed by atoms with E-state index in [1.165, 1.54) is 0 Å². The van der Waals surface area contributed by atoms with Crippen molar-refractivity contribution in [1.82, 2.24) is 4.90 Å². The maximum Gasteiger partial charge on any atom is 0.248 e. The summed E-state index contributed by atoms with van der Waals surface area (Å²) < 4.78 is 0. The Kier molecular flexibility index (Phi) is 7.79. The van der Waals surface area contributed by atoms with Gasteiger partial charge >= 0.3 is 0 Å². The SMILES string of the molecule is O=C1C(Cl)C(c2cccc(Cl)c2)N1c1cccc(CN2CCN=C2c2cccc(N3C(=O)C(Cl)C3c3cccc(Cl)c3)c2)c1. The van der Waals surface area contributed by atoms with Gasteiger partial charge in [-0.15, -0.1) is 23.2 Å². The molecule has 0 N–H and O–H groups in total. The number of β-lactam (4-membered cyclic amide) rings is 2. The van der Waals surface area contributed by atoms with Crippen molar-refractivity contribution in [3.8, 4) is 0 Å². The van der Waals surface area contributed by atoms with E-state index >= 15 is 0 Å². The van der Waals surface area contributed by atoms with Gasteiger partial charge in [-0.25, -0.2) is 0 Å². The van der Waals surface area contributed by atoms with Crippen LogP contribution in [0.4, 0.5) is 11.4 Å². The molecule has 0 spiro atoms. The zero-order chi connectivity index (χ0) is 30.5. The average molecular weight is 664 g/mol. The first-order valence-corrected chi connectivity index (χ1v) is 15.9. The van der Waals surface area contributed by atoms with Crippen LogP contribution in [0, 0.1) is 0 Å². The second-order valence-corrected chi connectivity index (χ2v) is 12.9. The number of alkyl halides is 2. The van der Waals surface area contributed by atoms with Crippen molar-refractivity contribution < 1.29 is 9.59 Å². The number of hydrogen-bond acceptors (Lipinski definition) is 4. The van der Waals surface area contributed by atoms with Crippen LogP contribution in [0.5, 0.6) is 0 Å². The molecule has 4 aromatic rings. The van der Waals surface area contributed by atoms with Crippen molar-refractivity contribution >= 4 is 75.4 Å². The number of hydrogen-bond donors (Lipinski definition) is 0. The van der Waals surface area contributed by atoms with E-state index in [2.05, 4.69) is 4.90 Å². The third kappa shape index (κ3) is 5.14. The fourth-order valence-corrected chi connectivity index (χ4v) is 7.35. The molecule has 0 saturated carbocycles. The van der Waals surface area contributed by atoms with Gasteiger partial charge in [-0.1, -0.05) is 71.7 Å². The summed E-state index contributed by atoms with van der Waals surface area (Å²) in [6.45, 7) is 2.01. The van der Waals surface area contributed by atoms with Gasteiger partial charge in [-0.2, -0.15) is 0 Å². The van der Waals surface area contributed by atoms with Crippen LogP contribution in [0.1, 0.15) is 34.3 Å². The third-order valence-electron chi connectivity index (χ3n) is 8.31. The highest BCUT2D eigenvalue weighted by Crippen LogP contribution is 2.44. The largest absolute Gasteiger partial charge is 0.350 e. The van der Waals surface area contributed by atoms with Crippen LogP contribution in [0.25, 0.3) is 0 Å². The predicted octanol–water partition coefficient (Wildman–Crippen LogP) is 7.65. The molecule has 2 amide bonds. The van der Waals surface area contributed by atoms with E-state index in [0.717, 1.165) is 46.0 Å². The second-order valence-electron chi connectivity index (χ2n) is 11.1. The summed E-state index contributed by atoms with van der Waals surface area (Å²) >= 11 is 25.4. The molecule has 3 aliphatic heterocycles. The molecular formula is C34H26Cl4N4O2. The minimum Gasteiger partial charge on any atom is -0.350 e. The summed E-state index contributed by atoms with van der Waals surface area (Å²) in [7, 11) is 0. The van der Waals surface area contributed by atoms with Crippen molar-refractivity contribution in [3.05, 3.63) is 129 Å². The molecule has 0 radical (unpaired) electrons. The van der Waals surface area contributed by atoms with E-state index in [1.807, 2.05) is 84.9 Å². The van der Waals surface area contributed by atoms with Crippen molar-refractivity contribution in [2.45, 2.75) is 29.4 Å². The van der Waals surface area contributed by atoms with E-state index in [9.17, 15) is 9.59 Å². The first kappa shape index (κ1) is 29.2. The van der Waals surface area contributed by atoms with Gasteiger partial charge in [-0.3, -0.25) is 14.6 Å². The van der Waals surface area contributed by atoms with Gasteiger partial charge in [-0.05, 0) is 65.2 Å². The molecule has 4 atom stereocenters. The van der Waals surface area contributed by atoms with E-state index in [0.29, 0.717) is 23.1 Å². The predicted molar refractivity (Wildman–Crippen MR) is 177 cm³/mol.